The van der Waals surface area contributed by atoms with Crippen LogP contribution in [-0.4, -0.2) is 83.2 Å². The number of nitrogens with zero attached hydrogens (tertiary/aromatic N) is 2. The van der Waals surface area contributed by atoms with Gasteiger partial charge in [0.1, 0.15) is 0 Å². The predicted molar refractivity (Wildman–Crippen MR) is 83.3 cm³/mol. The zero-order valence-electron chi connectivity index (χ0n) is 13.1. The molecule has 0 aromatic rings. The minimum absolute atomic E-state index is 0.0422. The number of ether oxygens (including phenoxy) is 1. The maximum atomic E-state index is 12.1. The molecule has 122 valence electrons. The molecule has 21 heavy (non-hydrogen) atoms. The Morgan fingerprint density at radius 1 is 1.29 bits per heavy atom. The highest BCUT2D eigenvalue weighted by atomic mass is 32.2. The van der Waals surface area contributed by atoms with Crippen molar-refractivity contribution >= 4 is 23.6 Å². The molecule has 7 heteroatoms. The van der Waals surface area contributed by atoms with Gasteiger partial charge >= 0.3 is 0 Å². The molecule has 0 spiro atoms. The van der Waals surface area contributed by atoms with Crippen molar-refractivity contribution in [3.63, 3.8) is 0 Å². The van der Waals surface area contributed by atoms with Crippen LogP contribution >= 0.6 is 11.8 Å². The van der Waals surface area contributed by atoms with Crippen molar-refractivity contribution in [2.45, 2.75) is 26.4 Å². The normalized spacial score (nSPS) is 15.9. The zero-order valence-corrected chi connectivity index (χ0v) is 13.9. The number of hydrogen-bond donors (Lipinski definition) is 1. The molecule has 0 aliphatic carbocycles. The molecule has 0 unspecified atom stereocenters. The van der Waals surface area contributed by atoms with Crippen molar-refractivity contribution in [1.82, 2.24) is 9.80 Å². The molecule has 1 saturated heterocycles. The highest BCUT2D eigenvalue weighted by molar-refractivity contribution is 8.00. The summed E-state index contributed by atoms with van der Waals surface area (Å²) in [6, 6.07) is 0. The largest absolute Gasteiger partial charge is 0.389 e. The first-order valence-electron chi connectivity index (χ1n) is 7.27. The van der Waals surface area contributed by atoms with Gasteiger partial charge in [0.05, 0.1) is 30.3 Å². The molecule has 1 aliphatic rings. The average Bonchev–Trinajstić information content (AvgIpc) is 2.44. The lowest BCUT2D eigenvalue weighted by Gasteiger charge is -2.28. The fraction of sp³-hybridized carbons (Fsp3) is 0.857. The first-order chi connectivity index (χ1) is 9.83. The van der Waals surface area contributed by atoms with Crippen LogP contribution in [0.5, 0.6) is 0 Å². The van der Waals surface area contributed by atoms with Gasteiger partial charge in [0.2, 0.25) is 11.8 Å². The highest BCUT2D eigenvalue weighted by Crippen LogP contribution is 2.10. The molecule has 0 aromatic heterocycles. The summed E-state index contributed by atoms with van der Waals surface area (Å²) < 4.78 is 5.20. The number of hydrogen-bond acceptors (Lipinski definition) is 5. The summed E-state index contributed by atoms with van der Waals surface area (Å²) >= 11 is 1.33. The number of aliphatic hydroxyl groups is 1. The van der Waals surface area contributed by atoms with Gasteiger partial charge < -0.3 is 19.6 Å². The summed E-state index contributed by atoms with van der Waals surface area (Å²) in [5.41, 5.74) is -0.903. The number of carbonyl (C=O) groups excluding carboxylic acids is 2. The van der Waals surface area contributed by atoms with Crippen molar-refractivity contribution in [3.8, 4) is 0 Å². The van der Waals surface area contributed by atoms with Crippen LogP contribution in [0.1, 0.15) is 20.8 Å². The molecule has 1 aliphatic heterocycles. The van der Waals surface area contributed by atoms with Gasteiger partial charge in [-0.2, -0.15) is 0 Å². The second-order valence-corrected chi connectivity index (χ2v) is 6.69. The first-order valence-corrected chi connectivity index (χ1v) is 8.42. The molecule has 1 rings (SSSR count). The van der Waals surface area contributed by atoms with Crippen molar-refractivity contribution < 1.29 is 19.4 Å². The Kier molecular flexibility index (Phi) is 7.48. The van der Waals surface area contributed by atoms with Gasteiger partial charge in [0.25, 0.3) is 0 Å². The van der Waals surface area contributed by atoms with E-state index in [4.69, 9.17) is 4.74 Å². The third-order valence-corrected chi connectivity index (χ3v) is 4.03. The Morgan fingerprint density at radius 3 is 2.43 bits per heavy atom. The van der Waals surface area contributed by atoms with E-state index in [0.717, 1.165) is 0 Å². The van der Waals surface area contributed by atoms with E-state index < -0.39 is 5.60 Å². The van der Waals surface area contributed by atoms with Crippen LogP contribution in [0.3, 0.4) is 0 Å². The number of carbonyl (C=O) groups is 2. The Balaban J connectivity index is 2.29. The minimum Gasteiger partial charge on any atom is -0.389 e. The second-order valence-electron chi connectivity index (χ2n) is 5.71. The number of morpholine rings is 1. The van der Waals surface area contributed by atoms with Gasteiger partial charge in [0, 0.05) is 26.2 Å². The molecular weight excluding hydrogens is 292 g/mol. The van der Waals surface area contributed by atoms with Gasteiger partial charge in [-0.1, -0.05) is 0 Å². The van der Waals surface area contributed by atoms with E-state index in [2.05, 4.69) is 0 Å². The summed E-state index contributed by atoms with van der Waals surface area (Å²) in [5.74, 6) is 0.590. The summed E-state index contributed by atoms with van der Waals surface area (Å²) in [7, 11) is 0. The van der Waals surface area contributed by atoms with Crippen molar-refractivity contribution in [1.29, 1.82) is 0 Å². The molecule has 0 bridgehead atoms. The Bertz CT molecular complexity index is 351. The topological polar surface area (TPSA) is 70.1 Å². The lowest BCUT2D eigenvalue weighted by Crippen LogP contribution is -2.43. The number of amides is 2. The molecule has 2 amide bonds. The molecule has 0 aromatic carbocycles. The summed E-state index contributed by atoms with van der Waals surface area (Å²) in [6.45, 7) is 8.54. The van der Waals surface area contributed by atoms with E-state index in [9.17, 15) is 14.7 Å². The van der Waals surface area contributed by atoms with E-state index in [1.54, 1.807) is 23.6 Å². The van der Waals surface area contributed by atoms with Gasteiger partial charge in [-0.15, -0.1) is 11.8 Å². The lowest BCUT2D eigenvalue weighted by molar-refractivity contribution is -0.132. The maximum Gasteiger partial charge on any atom is 0.232 e. The smallest absolute Gasteiger partial charge is 0.232 e. The minimum atomic E-state index is -0.903. The van der Waals surface area contributed by atoms with E-state index in [-0.39, 0.29) is 17.6 Å². The third-order valence-electron chi connectivity index (χ3n) is 3.13. The van der Waals surface area contributed by atoms with Crippen LogP contribution in [0.4, 0.5) is 0 Å². The number of rotatable bonds is 7. The molecule has 1 heterocycles. The van der Waals surface area contributed by atoms with Gasteiger partial charge in [-0.25, -0.2) is 0 Å². The van der Waals surface area contributed by atoms with Crippen LogP contribution in [0.2, 0.25) is 0 Å². The molecule has 0 radical (unpaired) electrons. The van der Waals surface area contributed by atoms with Crippen LogP contribution in [0.25, 0.3) is 0 Å². The van der Waals surface area contributed by atoms with Crippen molar-refractivity contribution in [2.24, 2.45) is 0 Å². The molecule has 1 N–H and O–H groups in total. The molecule has 6 nitrogen and oxygen atoms in total. The fourth-order valence-electron chi connectivity index (χ4n) is 2.06. The monoisotopic (exact) mass is 318 g/mol. The average molecular weight is 318 g/mol. The van der Waals surface area contributed by atoms with Crippen LogP contribution in [0.15, 0.2) is 0 Å². The Labute approximate surface area is 130 Å². The summed E-state index contributed by atoms with van der Waals surface area (Å²) in [5, 5.41) is 9.78. The molecule has 0 saturated carbocycles. The van der Waals surface area contributed by atoms with Gasteiger partial charge in [0.15, 0.2) is 0 Å². The highest BCUT2D eigenvalue weighted by Gasteiger charge is 2.22. The van der Waals surface area contributed by atoms with Crippen molar-refractivity contribution in [3.05, 3.63) is 0 Å². The molecular formula is C14H26N2O4S. The van der Waals surface area contributed by atoms with Crippen LogP contribution in [0, 0.1) is 0 Å². The number of thioether (sulfide) groups is 1. The second kappa shape index (κ2) is 8.60. The maximum absolute atomic E-state index is 12.1. The van der Waals surface area contributed by atoms with Crippen molar-refractivity contribution in [2.75, 3.05) is 50.9 Å². The third kappa shape index (κ3) is 7.15. The summed E-state index contributed by atoms with van der Waals surface area (Å²) in [4.78, 5) is 27.4. The lowest BCUT2D eigenvalue weighted by atomic mass is 10.1. The molecule has 0 atom stereocenters. The Hall–Kier alpha value is -0.790. The van der Waals surface area contributed by atoms with Gasteiger partial charge in [-0.05, 0) is 20.8 Å². The van der Waals surface area contributed by atoms with Crippen LogP contribution in [-0.2, 0) is 14.3 Å². The SMILES string of the molecule is CCN(CC(C)(C)O)C(=O)CSCC(=O)N1CCOCC1. The van der Waals surface area contributed by atoms with E-state index in [1.807, 2.05) is 6.92 Å². The zero-order chi connectivity index (χ0) is 15.9. The fourth-order valence-corrected chi connectivity index (χ4v) is 2.88. The predicted octanol–water partition coefficient (Wildman–Crippen LogP) is 0.198. The van der Waals surface area contributed by atoms with Crippen LogP contribution < -0.4 is 0 Å². The standard InChI is InChI=1S/C14H26N2O4S/c1-4-15(11-14(2,3)19)12(17)9-21-10-13(18)16-5-7-20-8-6-16/h19H,4-11H2,1-3H3. The molecule has 1 fully saturated rings. The van der Waals surface area contributed by atoms with E-state index in [0.29, 0.717) is 45.1 Å². The van der Waals surface area contributed by atoms with Gasteiger partial charge in [-0.3, -0.25) is 9.59 Å². The summed E-state index contributed by atoms with van der Waals surface area (Å²) in [6.07, 6.45) is 0. The first kappa shape index (κ1) is 18.3. The number of likely N-dealkylation sites (N-methyl/N-ethyl adjacent to an activating group) is 1. The quantitative estimate of drug-likeness (QED) is 0.726. The Morgan fingerprint density at radius 2 is 1.90 bits per heavy atom. The van der Waals surface area contributed by atoms with E-state index >= 15 is 0 Å². The van der Waals surface area contributed by atoms with E-state index in [1.165, 1.54) is 11.8 Å².